The first-order chi connectivity index (χ1) is 7.59. The minimum absolute atomic E-state index is 0.00948. The van der Waals surface area contributed by atoms with Crippen molar-refractivity contribution in [2.24, 2.45) is 0 Å². The molecular weight excluding hydrogens is 288 g/mol. The number of carbonyl (C=O) groups excluding carboxylic acids is 1. The van der Waals surface area contributed by atoms with Crippen LogP contribution in [0, 0.1) is 6.92 Å². The number of aromatic nitrogens is 1. The van der Waals surface area contributed by atoms with Crippen LogP contribution in [-0.4, -0.2) is 27.2 Å². The normalized spacial score (nSPS) is 23.6. The van der Waals surface area contributed by atoms with Crippen molar-refractivity contribution in [3.63, 3.8) is 0 Å². The van der Waals surface area contributed by atoms with Crippen LogP contribution < -0.4 is 0 Å². The summed E-state index contributed by atoms with van der Waals surface area (Å²) in [6, 6.07) is 0.103. The standard InChI is InChI=1S/C11H15BrN2OS/c1-7-6-13-10(16-7)8(2)14-5-3-4-9(12)11(14)15/h6,8-9H,3-5H2,1-2H3. The Morgan fingerprint density at radius 2 is 2.44 bits per heavy atom. The number of amides is 1. The summed E-state index contributed by atoms with van der Waals surface area (Å²) in [5.41, 5.74) is 0. The molecule has 0 spiro atoms. The van der Waals surface area contributed by atoms with Crippen molar-refractivity contribution in [2.75, 3.05) is 6.54 Å². The summed E-state index contributed by atoms with van der Waals surface area (Å²) in [5, 5.41) is 1.03. The SMILES string of the molecule is Cc1cnc(C(C)N2CCCC(Br)C2=O)s1. The minimum atomic E-state index is -0.00948. The lowest BCUT2D eigenvalue weighted by Crippen LogP contribution is -2.43. The summed E-state index contributed by atoms with van der Waals surface area (Å²) in [7, 11) is 0. The van der Waals surface area contributed by atoms with Gasteiger partial charge in [-0.15, -0.1) is 11.3 Å². The molecule has 2 heterocycles. The zero-order chi connectivity index (χ0) is 11.7. The molecule has 1 aromatic heterocycles. The van der Waals surface area contributed by atoms with Crippen LogP contribution in [0.25, 0.3) is 0 Å². The molecular formula is C11H15BrN2OS. The second-order valence-corrected chi connectivity index (χ2v) is 6.50. The molecule has 1 aromatic rings. The molecule has 0 saturated carbocycles. The Morgan fingerprint density at radius 3 is 3.06 bits per heavy atom. The van der Waals surface area contributed by atoms with E-state index in [0.29, 0.717) is 0 Å². The quantitative estimate of drug-likeness (QED) is 0.787. The largest absolute Gasteiger partial charge is 0.333 e. The minimum Gasteiger partial charge on any atom is -0.333 e. The molecule has 0 aliphatic carbocycles. The van der Waals surface area contributed by atoms with Crippen molar-refractivity contribution in [3.8, 4) is 0 Å². The van der Waals surface area contributed by atoms with Crippen molar-refractivity contribution in [1.82, 2.24) is 9.88 Å². The van der Waals surface area contributed by atoms with Crippen LogP contribution in [0.3, 0.4) is 0 Å². The van der Waals surface area contributed by atoms with Gasteiger partial charge < -0.3 is 4.90 Å². The molecule has 0 bridgehead atoms. The third-order valence-corrected chi connectivity index (χ3v) is 4.80. The van der Waals surface area contributed by atoms with Crippen LogP contribution >= 0.6 is 27.3 Å². The van der Waals surface area contributed by atoms with E-state index in [2.05, 4.69) is 27.8 Å². The summed E-state index contributed by atoms with van der Waals surface area (Å²) in [4.78, 5) is 19.5. The lowest BCUT2D eigenvalue weighted by molar-refractivity contribution is -0.134. The Hall–Kier alpha value is -0.420. The second kappa shape index (κ2) is 4.84. The number of hydrogen-bond donors (Lipinski definition) is 0. The van der Waals surface area contributed by atoms with E-state index in [0.717, 1.165) is 24.4 Å². The smallest absolute Gasteiger partial charge is 0.236 e. The molecule has 0 radical (unpaired) electrons. The predicted molar refractivity (Wildman–Crippen MR) is 68.9 cm³/mol. The van der Waals surface area contributed by atoms with Gasteiger partial charge in [0.15, 0.2) is 0 Å². The Bertz CT molecular complexity index is 393. The highest BCUT2D eigenvalue weighted by molar-refractivity contribution is 9.10. The number of alkyl halides is 1. The highest BCUT2D eigenvalue weighted by Crippen LogP contribution is 2.29. The summed E-state index contributed by atoms with van der Waals surface area (Å²) in [6.07, 6.45) is 3.88. The first-order valence-corrected chi connectivity index (χ1v) is 7.19. The van der Waals surface area contributed by atoms with Gasteiger partial charge in [-0.1, -0.05) is 15.9 Å². The molecule has 0 aromatic carbocycles. The fourth-order valence-electron chi connectivity index (χ4n) is 1.94. The molecule has 16 heavy (non-hydrogen) atoms. The Balaban J connectivity index is 2.14. The van der Waals surface area contributed by atoms with Gasteiger partial charge in [-0.25, -0.2) is 4.98 Å². The summed E-state index contributed by atoms with van der Waals surface area (Å²) < 4.78 is 0. The van der Waals surface area contributed by atoms with Crippen LogP contribution in [0.5, 0.6) is 0 Å². The zero-order valence-electron chi connectivity index (χ0n) is 9.44. The van der Waals surface area contributed by atoms with Crippen LogP contribution in [0.15, 0.2) is 6.20 Å². The molecule has 2 rings (SSSR count). The number of nitrogens with zero attached hydrogens (tertiary/aromatic N) is 2. The van der Waals surface area contributed by atoms with Gasteiger partial charge in [0, 0.05) is 17.6 Å². The number of thiazole rings is 1. The topological polar surface area (TPSA) is 33.2 Å². The average molecular weight is 303 g/mol. The molecule has 2 atom stereocenters. The van der Waals surface area contributed by atoms with E-state index in [4.69, 9.17) is 0 Å². The van der Waals surface area contributed by atoms with E-state index >= 15 is 0 Å². The van der Waals surface area contributed by atoms with Crippen LogP contribution in [0.2, 0.25) is 0 Å². The molecule has 5 heteroatoms. The maximum absolute atomic E-state index is 12.0. The highest BCUT2D eigenvalue weighted by atomic mass is 79.9. The number of likely N-dealkylation sites (tertiary alicyclic amines) is 1. The number of piperidine rings is 1. The third-order valence-electron chi connectivity index (χ3n) is 2.87. The van der Waals surface area contributed by atoms with Gasteiger partial charge in [-0.2, -0.15) is 0 Å². The van der Waals surface area contributed by atoms with Crippen molar-refractivity contribution in [2.45, 2.75) is 37.6 Å². The van der Waals surface area contributed by atoms with E-state index in [1.807, 2.05) is 18.0 Å². The van der Waals surface area contributed by atoms with Gasteiger partial charge in [0.1, 0.15) is 5.01 Å². The molecule has 1 fully saturated rings. The molecule has 1 saturated heterocycles. The van der Waals surface area contributed by atoms with Crippen molar-refractivity contribution < 1.29 is 4.79 Å². The number of hydrogen-bond acceptors (Lipinski definition) is 3. The molecule has 88 valence electrons. The summed E-state index contributed by atoms with van der Waals surface area (Å²) in [5.74, 6) is 0.201. The van der Waals surface area contributed by atoms with E-state index in [1.165, 1.54) is 4.88 Å². The number of halogens is 1. The van der Waals surface area contributed by atoms with Gasteiger partial charge in [0.2, 0.25) is 5.91 Å². The highest BCUT2D eigenvalue weighted by Gasteiger charge is 2.31. The Labute approximate surface area is 108 Å². The molecule has 1 amide bonds. The lowest BCUT2D eigenvalue weighted by Gasteiger charge is -2.33. The van der Waals surface area contributed by atoms with E-state index < -0.39 is 0 Å². The molecule has 1 aliphatic heterocycles. The zero-order valence-corrected chi connectivity index (χ0v) is 11.8. The van der Waals surface area contributed by atoms with E-state index in [1.54, 1.807) is 11.3 Å². The number of aryl methyl sites for hydroxylation is 1. The van der Waals surface area contributed by atoms with E-state index in [-0.39, 0.29) is 16.8 Å². The van der Waals surface area contributed by atoms with Gasteiger partial charge in [0.25, 0.3) is 0 Å². The summed E-state index contributed by atoms with van der Waals surface area (Å²) in [6.45, 7) is 4.95. The maximum Gasteiger partial charge on any atom is 0.236 e. The lowest BCUT2D eigenvalue weighted by atomic mass is 10.1. The molecule has 0 N–H and O–H groups in total. The van der Waals surface area contributed by atoms with Crippen molar-refractivity contribution in [3.05, 3.63) is 16.1 Å². The Kier molecular flexibility index (Phi) is 3.64. The van der Waals surface area contributed by atoms with Crippen molar-refractivity contribution in [1.29, 1.82) is 0 Å². The predicted octanol–water partition coefficient (Wildman–Crippen LogP) is 2.90. The van der Waals surface area contributed by atoms with Gasteiger partial charge in [-0.3, -0.25) is 4.79 Å². The van der Waals surface area contributed by atoms with Gasteiger partial charge in [0.05, 0.1) is 10.9 Å². The molecule has 3 nitrogen and oxygen atoms in total. The third kappa shape index (κ3) is 2.30. The number of rotatable bonds is 2. The first-order valence-electron chi connectivity index (χ1n) is 5.46. The fraction of sp³-hybridized carbons (Fsp3) is 0.636. The molecule has 1 aliphatic rings. The van der Waals surface area contributed by atoms with E-state index in [9.17, 15) is 4.79 Å². The average Bonchev–Trinajstić information content (AvgIpc) is 2.68. The van der Waals surface area contributed by atoms with Crippen LogP contribution in [0.4, 0.5) is 0 Å². The van der Waals surface area contributed by atoms with Gasteiger partial charge in [-0.05, 0) is 26.7 Å². The first kappa shape index (κ1) is 12.0. The number of carbonyl (C=O) groups is 1. The maximum atomic E-state index is 12.0. The van der Waals surface area contributed by atoms with Gasteiger partial charge >= 0.3 is 0 Å². The monoisotopic (exact) mass is 302 g/mol. The van der Waals surface area contributed by atoms with Crippen LogP contribution in [0.1, 0.15) is 35.7 Å². The Morgan fingerprint density at radius 1 is 1.69 bits per heavy atom. The van der Waals surface area contributed by atoms with Crippen LogP contribution in [-0.2, 0) is 4.79 Å². The molecule has 2 unspecified atom stereocenters. The summed E-state index contributed by atoms with van der Waals surface area (Å²) >= 11 is 5.10. The fourth-order valence-corrected chi connectivity index (χ4v) is 3.36. The van der Waals surface area contributed by atoms with Crippen molar-refractivity contribution >= 4 is 33.2 Å². The second-order valence-electron chi connectivity index (χ2n) is 4.13.